The highest BCUT2D eigenvalue weighted by atomic mass is 15.3. The Hall–Kier alpha value is -2.99. The van der Waals surface area contributed by atoms with E-state index in [0.29, 0.717) is 12.0 Å². The number of hydrogen-bond donors (Lipinski definition) is 2. The molecule has 0 aliphatic carbocycles. The molecule has 0 spiro atoms. The maximum atomic E-state index is 4.81. The molecule has 4 aromatic rings. The molecule has 2 N–H and O–H groups in total. The fraction of sp³-hybridized carbons (Fsp3) is 0.318. The van der Waals surface area contributed by atoms with Crippen LogP contribution in [-0.2, 0) is 0 Å². The summed E-state index contributed by atoms with van der Waals surface area (Å²) < 4.78 is 2.02. The minimum atomic E-state index is 0.247. The summed E-state index contributed by atoms with van der Waals surface area (Å²) in [6.45, 7) is 4.39. The van der Waals surface area contributed by atoms with Crippen LogP contribution in [0.2, 0.25) is 0 Å². The van der Waals surface area contributed by atoms with Crippen LogP contribution >= 0.6 is 0 Å². The number of rotatable bonds is 3. The van der Waals surface area contributed by atoms with Crippen LogP contribution < -0.4 is 5.32 Å². The number of fused-ring (bicyclic) bond motifs is 1. The highest BCUT2D eigenvalue weighted by Gasteiger charge is 2.31. The van der Waals surface area contributed by atoms with Crippen molar-refractivity contribution >= 4 is 11.0 Å². The minimum absolute atomic E-state index is 0.247. The van der Waals surface area contributed by atoms with Crippen LogP contribution in [0.1, 0.15) is 48.8 Å². The van der Waals surface area contributed by atoms with E-state index in [1.807, 2.05) is 47.5 Å². The number of nitrogens with zero attached hydrogens (tertiary/aromatic N) is 4. The molecule has 3 aromatic heterocycles. The summed E-state index contributed by atoms with van der Waals surface area (Å²) in [4.78, 5) is 12.6. The molecule has 6 heteroatoms. The van der Waals surface area contributed by atoms with Crippen LogP contribution in [0, 0.1) is 6.92 Å². The molecular weight excluding hydrogens is 348 g/mol. The molecule has 3 unspecified atom stereocenters. The topological polar surface area (TPSA) is 71.4 Å². The van der Waals surface area contributed by atoms with Gasteiger partial charge in [0.2, 0.25) is 0 Å². The molecule has 0 bridgehead atoms. The van der Waals surface area contributed by atoms with E-state index in [9.17, 15) is 0 Å². The first-order valence-electron chi connectivity index (χ1n) is 9.85. The van der Waals surface area contributed by atoms with Crippen molar-refractivity contribution in [1.82, 2.24) is 30.0 Å². The molecule has 5 rings (SSSR count). The van der Waals surface area contributed by atoms with Crippen molar-refractivity contribution in [2.45, 2.75) is 44.7 Å². The van der Waals surface area contributed by atoms with E-state index in [0.717, 1.165) is 35.4 Å². The van der Waals surface area contributed by atoms with Crippen LogP contribution in [0.25, 0.3) is 16.7 Å². The predicted molar refractivity (Wildman–Crippen MR) is 110 cm³/mol. The highest BCUT2D eigenvalue weighted by molar-refractivity contribution is 5.73. The summed E-state index contributed by atoms with van der Waals surface area (Å²) in [5.74, 6) is 1.28. The lowest BCUT2D eigenvalue weighted by atomic mass is 9.85. The smallest absolute Gasteiger partial charge is 0.132 e. The largest absolute Gasteiger partial charge is 0.359 e. The first-order valence-corrected chi connectivity index (χ1v) is 9.85. The molecule has 28 heavy (non-hydrogen) atoms. The van der Waals surface area contributed by atoms with Crippen molar-refractivity contribution in [2.75, 3.05) is 0 Å². The molecule has 0 radical (unpaired) electrons. The predicted octanol–water partition coefficient (Wildman–Crippen LogP) is 4.05. The number of aromatic nitrogens is 5. The summed E-state index contributed by atoms with van der Waals surface area (Å²) in [6, 6.07) is 12.9. The maximum Gasteiger partial charge on any atom is 0.132 e. The molecule has 4 heterocycles. The second-order valence-corrected chi connectivity index (χ2v) is 7.73. The molecule has 3 atom stereocenters. The zero-order valence-electron chi connectivity index (χ0n) is 16.1. The van der Waals surface area contributed by atoms with Gasteiger partial charge in [-0.25, -0.2) is 14.6 Å². The van der Waals surface area contributed by atoms with E-state index in [-0.39, 0.29) is 6.04 Å². The number of piperidine rings is 1. The standard InChI is InChI=1S/C22H24N6/c1-14-10-16(22-24-13-21-19(27-22)8-9-23-21)11-20(26-14)18-12-25-28(15(18)2)17-6-4-3-5-7-17/h3-9,12-14,16,20,23,26H,10-11H2,1-2H3. The van der Waals surface area contributed by atoms with Crippen LogP contribution in [0.4, 0.5) is 0 Å². The van der Waals surface area contributed by atoms with Gasteiger partial charge in [0.05, 0.1) is 29.1 Å². The molecule has 1 aromatic carbocycles. The first-order chi connectivity index (χ1) is 13.7. The normalized spacial score (nSPS) is 22.6. The Morgan fingerprint density at radius 1 is 1.07 bits per heavy atom. The molecule has 0 amide bonds. The number of aromatic amines is 1. The molecule has 1 fully saturated rings. The van der Waals surface area contributed by atoms with Gasteiger partial charge in [-0.2, -0.15) is 5.10 Å². The van der Waals surface area contributed by atoms with Crippen molar-refractivity contribution in [1.29, 1.82) is 0 Å². The summed E-state index contributed by atoms with van der Waals surface area (Å²) in [7, 11) is 0. The molecular formula is C22H24N6. The van der Waals surface area contributed by atoms with Gasteiger partial charge in [0.15, 0.2) is 0 Å². The summed E-state index contributed by atoms with van der Waals surface area (Å²) in [6.07, 6.45) is 7.83. The molecule has 6 nitrogen and oxygen atoms in total. The van der Waals surface area contributed by atoms with Crippen molar-refractivity contribution in [3.8, 4) is 5.69 Å². The van der Waals surface area contributed by atoms with Crippen molar-refractivity contribution in [3.05, 3.63) is 72.1 Å². The maximum absolute atomic E-state index is 4.81. The van der Waals surface area contributed by atoms with Gasteiger partial charge in [-0.05, 0) is 44.9 Å². The number of para-hydroxylation sites is 1. The third kappa shape index (κ3) is 2.99. The van der Waals surface area contributed by atoms with Gasteiger partial charge in [-0.1, -0.05) is 18.2 Å². The molecule has 0 saturated carbocycles. The van der Waals surface area contributed by atoms with Crippen LogP contribution in [-0.4, -0.2) is 30.8 Å². The Kier molecular flexibility index (Phi) is 4.20. The van der Waals surface area contributed by atoms with E-state index < -0.39 is 0 Å². The second-order valence-electron chi connectivity index (χ2n) is 7.73. The van der Waals surface area contributed by atoms with E-state index in [4.69, 9.17) is 4.98 Å². The summed E-state index contributed by atoms with van der Waals surface area (Å²) in [5, 5.41) is 8.41. The van der Waals surface area contributed by atoms with E-state index in [1.54, 1.807) is 0 Å². The van der Waals surface area contributed by atoms with E-state index >= 15 is 0 Å². The number of H-pyrrole nitrogens is 1. The Morgan fingerprint density at radius 2 is 1.93 bits per heavy atom. The molecule has 1 aliphatic heterocycles. The quantitative estimate of drug-likeness (QED) is 0.569. The Balaban J connectivity index is 1.45. The fourth-order valence-electron chi connectivity index (χ4n) is 4.36. The van der Waals surface area contributed by atoms with Gasteiger partial charge < -0.3 is 10.3 Å². The first kappa shape index (κ1) is 17.1. The lowest BCUT2D eigenvalue weighted by Gasteiger charge is -2.34. The van der Waals surface area contributed by atoms with Gasteiger partial charge in [0.25, 0.3) is 0 Å². The van der Waals surface area contributed by atoms with Gasteiger partial charge in [-0.15, -0.1) is 0 Å². The zero-order chi connectivity index (χ0) is 19.1. The monoisotopic (exact) mass is 372 g/mol. The number of nitrogens with one attached hydrogen (secondary N) is 2. The second kappa shape index (κ2) is 6.87. The van der Waals surface area contributed by atoms with Crippen LogP contribution in [0.15, 0.2) is 55.0 Å². The third-order valence-electron chi connectivity index (χ3n) is 5.75. The average molecular weight is 372 g/mol. The SMILES string of the molecule is Cc1c(C2CC(c3ncc4[nH]ccc4n3)CC(C)N2)cnn1-c1ccccc1. The minimum Gasteiger partial charge on any atom is -0.359 e. The third-order valence-corrected chi connectivity index (χ3v) is 5.75. The molecule has 1 aliphatic rings. The van der Waals surface area contributed by atoms with Gasteiger partial charge in [0.1, 0.15) is 5.82 Å². The van der Waals surface area contributed by atoms with E-state index in [1.165, 1.54) is 11.3 Å². The fourth-order valence-corrected chi connectivity index (χ4v) is 4.36. The summed E-state index contributed by atoms with van der Waals surface area (Å²) >= 11 is 0. The van der Waals surface area contributed by atoms with Gasteiger partial charge in [0, 0.05) is 35.5 Å². The average Bonchev–Trinajstić information content (AvgIpc) is 3.34. The lowest BCUT2D eigenvalue weighted by molar-refractivity contribution is 0.299. The molecule has 1 saturated heterocycles. The summed E-state index contributed by atoms with van der Waals surface area (Å²) in [5.41, 5.74) is 5.50. The highest BCUT2D eigenvalue weighted by Crippen LogP contribution is 2.36. The zero-order valence-corrected chi connectivity index (χ0v) is 16.1. The van der Waals surface area contributed by atoms with Crippen molar-refractivity contribution < 1.29 is 0 Å². The number of hydrogen-bond acceptors (Lipinski definition) is 4. The Morgan fingerprint density at radius 3 is 2.79 bits per heavy atom. The van der Waals surface area contributed by atoms with Crippen LogP contribution in [0.3, 0.4) is 0 Å². The Labute approximate surface area is 164 Å². The van der Waals surface area contributed by atoms with Crippen molar-refractivity contribution in [3.63, 3.8) is 0 Å². The van der Waals surface area contributed by atoms with Gasteiger partial charge >= 0.3 is 0 Å². The van der Waals surface area contributed by atoms with Gasteiger partial charge in [-0.3, -0.25) is 0 Å². The lowest BCUT2D eigenvalue weighted by Crippen LogP contribution is -2.38. The Bertz CT molecular complexity index is 1100. The molecule has 142 valence electrons. The van der Waals surface area contributed by atoms with E-state index in [2.05, 4.69) is 46.4 Å². The van der Waals surface area contributed by atoms with Crippen LogP contribution in [0.5, 0.6) is 0 Å². The number of benzene rings is 1. The van der Waals surface area contributed by atoms with Crippen molar-refractivity contribution in [2.24, 2.45) is 0 Å².